The predicted octanol–water partition coefficient (Wildman–Crippen LogP) is 1.51. The highest BCUT2D eigenvalue weighted by molar-refractivity contribution is 5.95. The molecule has 2 aromatic rings. The molecule has 1 aromatic heterocycles. The number of nitrogens with one attached hydrogen (secondary N) is 1. The Bertz CT molecular complexity index is 840. The number of anilines is 1. The number of amides is 1. The fourth-order valence-electron chi connectivity index (χ4n) is 3.13. The zero-order valence-corrected chi connectivity index (χ0v) is 14.6. The van der Waals surface area contributed by atoms with Crippen LogP contribution < -0.4 is 20.5 Å². The van der Waals surface area contributed by atoms with Gasteiger partial charge in [0.15, 0.2) is 0 Å². The Hall–Kier alpha value is -2.77. The van der Waals surface area contributed by atoms with Crippen LogP contribution in [0.2, 0.25) is 0 Å². The number of hydrogen-bond acceptors (Lipinski definition) is 5. The van der Waals surface area contributed by atoms with Crippen LogP contribution in [-0.2, 0) is 18.3 Å². The van der Waals surface area contributed by atoms with Crippen molar-refractivity contribution in [2.24, 2.45) is 7.05 Å². The number of carbonyl (C=O) groups excluding carboxylic acids is 1. The normalized spacial score (nSPS) is 16.7. The zero-order chi connectivity index (χ0) is 18.0. The Morgan fingerprint density at radius 3 is 2.80 bits per heavy atom. The molecule has 0 saturated carbocycles. The maximum atomic E-state index is 12.9. The van der Waals surface area contributed by atoms with Crippen LogP contribution in [0.15, 0.2) is 23.0 Å². The molecule has 1 aliphatic heterocycles. The van der Waals surface area contributed by atoms with Crippen LogP contribution in [0, 0.1) is 0 Å². The minimum absolute atomic E-state index is 0.248. The zero-order valence-electron chi connectivity index (χ0n) is 14.6. The molecule has 0 radical (unpaired) electrons. The number of benzene rings is 1. The van der Waals surface area contributed by atoms with Crippen molar-refractivity contribution in [1.29, 1.82) is 0 Å². The van der Waals surface area contributed by atoms with Crippen LogP contribution in [-0.4, -0.2) is 34.5 Å². The van der Waals surface area contributed by atoms with Crippen molar-refractivity contribution in [3.8, 4) is 11.5 Å². The van der Waals surface area contributed by atoms with Crippen molar-refractivity contribution in [2.75, 3.05) is 19.5 Å². The maximum absolute atomic E-state index is 12.9. The highest BCUT2D eigenvalue weighted by Gasteiger charge is 2.29. The Morgan fingerprint density at radius 1 is 1.28 bits per heavy atom. The Balaban J connectivity index is 1.91. The summed E-state index contributed by atoms with van der Waals surface area (Å²) in [5, 5.41) is 7.12. The molecule has 1 N–H and O–H groups in total. The number of ether oxygens (including phenoxy) is 2. The van der Waals surface area contributed by atoms with Gasteiger partial charge in [0.25, 0.3) is 0 Å². The molecule has 134 valence electrons. The van der Waals surface area contributed by atoms with E-state index >= 15 is 0 Å². The van der Waals surface area contributed by atoms with E-state index in [1.807, 2.05) is 0 Å². The van der Waals surface area contributed by atoms with Crippen molar-refractivity contribution in [3.63, 3.8) is 0 Å². The first-order valence-corrected chi connectivity index (χ1v) is 8.22. The summed E-state index contributed by atoms with van der Waals surface area (Å²) < 4.78 is 13.3. The first-order valence-electron chi connectivity index (χ1n) is 8.22. The first-order chi connectivity index (χ1) is 12.0. The molecule has 25 heavy (non-hydrogen) atoms. The molecule has 1 aliphatic rings. The van der Waals surface area contributed by atoms with Gasteiger partial charge in [-0.3, -0.25) is 9.36 Å². The van der Waals surface area contributed by atoms with Gasteiger partial charge in [-0.15, -0.1) is 0 Å². The van der Waals surface area contributed by atoms with Gasteiger partial charge in [-0.05, 0) is 25.0 Å². The lowest BCUT2D eigenvalue weighted by Gasteiger charge is -2.18. The average Bonchev–Trinajstić information content (AvgIpc) is 2.78. The number of hydrogen-bond donors (Lipinski definition) is 1. The van der Waals surface area contributed by atoms with Gasteiger partial charge in [0.1, 0.15) is 23.4 Å². The molecule has 3 rings (SSSR count). The van der Waals surface area contributed by atoms with E-state index in [2.05, 4.69) is 10.4 Å². The predicted molar refractivity (Wildman–Crippen MR) is 92.2 cm³/mol. The van der Waals surface area contributed by atoms with Crippen LogP contribution in [0.3, 0.4) is 0 Å². The largest absolute Gasteiger partial charge is 0.497 e. The molecule has 1 unspecified atom stereocenters. The van der Waals surface area contributed by atoms with E-state index in [-0.39, 0.29) is 11.6 Å². The molecule has 0 fully saturated rings. The monoisotopic (exact) mass is 346 g/mol. The van der Waals surface area contributed by atoms with E-state index < -0.39 is 6.04 Å². The second-order valence-electron chi connectivity index (χ2n) is 6.01. The molecule has 8 nitrogen and oxygen atoms in total. The van der Waals surface area contributed by atoms with Crippen LogP contribution >= 0.6 is 0 Å². The molecular weight excluding hydrogens is 324 g/mol. The second kappa shape index (κ2) is 7.00. The first kappa shape index (κ1) is 17.1. The fourth-order valence-corrected chi connectivity index (χ4v) is 3.13. The summed E-state index contributed by atoms with van der Waals surface area (Å²) in [5.41, 5.74) is 0.273. The van der Waals surface area contributed by atoms with E-state index in [0.29, 0.717) is 35.9 Å². The molecule has 0 saturated heterocycles. The standard InChI is InChI=1S/C17H22N4O4/c1-20-17(23)21-13(6-4-5-7-15(21)19-20)16(22)18-12-9-8-11(24-2)10-14(12)25-3/h8-10,13H,4-7H2,1-3H3,(H,18,22). The Kier molecular flexibility index (Phi) is 4.78. The third-order valence-corrected chi connectivity index (χ3v) is 4.44. The topological polar surface area (TPSA) is 87.4 Å². The number of aryl methyl sites for hydroxylation is 2. The number of rotatable bonds is 4. The summed E-state index contributed by atoms with van der Waals surface area (Å²) in [6.07, 6.45) is 3.07. The van der Waals surface area contributed by atoms with E-state index in [1.54, 1.807) is 32.4 Å². The fraction of sp³-hybridized carbons (Fsp3) is 0.471. The lowest BCUT2D eigenvalue weighted by atomic mass is 10.1. The van der Waals surface area contributed by atoms with Crippen LogP contribution in [0.1, 0.15) is 31.1 Å². The van der Waals surface area contributed by atoms with Gasteiger partial charge in [0.05, 0.1) is 19.9 Å². The molecule has 1 aromatic carbocycles. The minimum atomic E-state index is -0.578. The maximum Gasteiger partial charge on any atom is 0.346 e. The quantitative estimate of drug-likeness (QED) is 0.907. The smallest absolute Gasteiger partial charge is 0.346 e. The number of methoxy groups -OCH3 is 2. The van der Waals surface area contributed by atoms with Gasteiger partial charge in [0.2, 0.25) is 5.91 Å². The van der Waals surface area contributed by atoms with Gasteiger partial charge in [-0.1, -0.05) is 6.42 Å². The van der Waals surface area contributed by atoms with Gasteiger partial charge in [-0.25, -0.2) is 9.48 Å². The molecule has 8 heteroatoms. The van der Waals surface area contributed by atoms with Gasteiger partial charge >= 0.3 is 5.69 Å². The van der Waals surface area contributed by atoms with Crippen LogP contribution in [0.4, 0.5) is 5.69 Å². The number of fused-ring (bicyclic) bond motifs is 1. The molecule has 2 heterocycles. The molecule has 1 atom stereocenters. The molecule has 0 spiro atoms. The lowest BCUT2D eigenvalue weighted by Crippen LogP contribution is -2.34. The van der Waals surface area contributed by atoms with Gasteiger partial charge in [-0.2, -0.15) is 5.10 Å². The number of carbonyl (C=O) groups is 1. The van der Waals surface area contributed by atoms with Crippen molar-refractivity contribution < 1.29 is 14.3 Å². The molecule has 0 bridgehead atoms. The SMILES string of the molecule is COc1ccc(NC(=O)C2CCCCc3nn(C)c(=O)n32)c(OC)c1. The third-order valence-electron chi connectivity index (χ3n) is 4.44. The van der Waals surface area contributed by atoms with Crippen molar-refractivity contribution in [1.82, 2.24) is 14.3 Å². The summed E-state index contributed by atoms with van der Waals surface area (Å²) in [6, 6.07) is 4.58. The molecular formula is C17H22N4O4. The van der Waals surface area contributed by atoms with Crippen molar-refractivity contribution in [2.45, 2.75) is 31.7 Å². The minimum Gasteiger partial charge on any atom is -0.497 e. The highest BCUT2D eigenvalue weighted by atomic mass is 16.5. The van der Waals surface area contributed by atoms with Gasteiger partial charge < -0.3 is 14.8 Å². The third kappa shape index (κ3) is 3.24. The number of aromatic nitrogens is 3. The van der Waals surface area contributed by atoms with Crippen LogP contribution in [0.5, 0.6) is 11.5 Å². The summed E-state index contributed by atoms with van der Waals surface area (Å²) in [5.74, 6) is 1.55. The summed E-state index contributed by atoms with van der Waals surface area (Å²) in [7, 11) is 4.69. The summed E-state index contributed by atoms with van der Waals surface area (Å²) in [6.45, 7) is 0. The van der Waals surface area contributed by atoms with E-state index in [0.717, 1.165) is 12.8 Å². The highest BCUT2D eigenvalue weighted by Crippen LogP contribution is 2.30. The average molecular weight is 346 g/mol. The van der Waals surface area contributed by atoms with Crippen molar-refractivity contribution in [3.05, 3.63) is 34.5 Å². The lowest BCUT2D eigenvalue weighted by molar-refractivity contribution is -0.119. The van der Waals surface area contributed by atoms with Gasteiger partial charge in [0, 0.05) is 19.5 Å². The van der Waals surface area contributed by atoms with E-state index in [9.17, 15) is 9.59 Å². The Labute approximate surface area is 145 Å². The van der Waals surface area contributed by atoms with Crippen LogP contribution in [0.25, 0.3) is 0 Å². The van der Waals surface area contributed by atoms with Crippen molar-refractivity contribution >= 4 is 11.6 Å². The summed E-state index contributed by atoms with van der Waals surface area (Å²) >= 11 is 0. The second-order valence-corrected chi connectivity index (χ2v) is 6.01. The number of nitrogens with zero attached hydrogens (tertiary/aromatic N) is 3. The van der Waals surface area contributed by atoms with E-state index in [4.69, 9.17) is 9.47 Å². The molecule has 1 amide bonds. The Morgan fingerprint density at radius 2 is 2.08 bits per heavy atom. The molecule has 0 aliphatic carbocycles. The van der Waals surface area contributed by atoms with E-state index in [1.165, 1.54) is 16.4 Å². The summed E-state index contributed by atoms with van der Waals surface area (Å²) in [4.78, 5) is 25.3.